The van der Waals surface area contributed by atoms with E-state index in [1.807, 2.05) is 0 Å². The number of hydrogen-bond acceptors (Lipinski definition) is 3. The van der Waals surface area contributed by atoms with E-state index in [4.69, 9.17) is 14.2 Å². The van der Waals surface area contributed by atoms with Crippen LogP contribution in [0.5, 0.6) is 0 Å². The monoisotopic (exact) mass is 158 g/mol. The molecule has 64 valence electrons. The van der Waals surface area contributed by atoms with Crippen molar-refractivity contribution in [3.8, 4) is 0 Å². The van der Waals surface area contributed by atoms with Gasteiger partial charge >= 0.3 is 0 Å². The summed E-state index contributed by atoms with van der Waals surface area (Å²) in [6, 6.07) is 0. The highest BCUT2D eigenvalue weighted by Gasteiger charge is 2.39. The Hall–Kier alpha value is -0.120. The summed E-state index contributed by atoms with van der Waals surface area (Å²) >= 11 is 0. The van der Waals surface area contributed by atoms with E-state index in [1.165, 1.54) is 6.42 Å². The fourth-order valence-corrected chi connectivity index (χ4v) is 1.87. The first-order valence-electron chi connectivity index (χ1n) is 4.18. The van der Waals surface area contributed by atoms with Crippen LogP contribution < -0.4 is 0 Å². The van der Waals surface area contributed by atoms with Gasteiger partial charge in [-0.2, -0.15) is 0 Å². The first-order valence-corrected chi connectivity index (χ1v) is 4.18. The van der Waals surface area contributed by atoms with Crippen LogP contribution in [0.4, 0.5) is 0 Å². The van der Waals surface area contributed by atoms with Crippen molar-refractivity contribution in [2.24, 2.45) is 5.92 Å². The minimum absolute atomic E-state index is 0.0219. The molecule has 2 aliphatic rings. The lowest BCUT2D eigenvalue weighted by atomic mass is 9.97. The maximum absolute atomic E-state index is 5.43. The Labute approximate surface area is 66.6 Å². The molecular weight excluding hydrogens is 144 g/mol. The van der Waals surface area contributed by atoms with Gasteiger partial charge in [0.1, 0.15) is 0 Å². The molecule has 0 N–H and O–H groups in total. The van der Waals surface area contributed by atoms with E-state index in [9.17, 15) is 0 Å². The number of hydrogen-bond donors (Lipinski definition) is 0. The van der Waals surface area contributed by atoms with Gasteiger partial charge in [-0.1, -0.05) is 0 Å². The summed E-state index contributed by atoms with van der Waals surface area (Å²) in [5, 5.41) is 0. The molecule has 0 saturated carbocycles. The third-order valence-electron chi connectivity index (χ3n) is 2.52. The van der Waals surface area contributed by atoms with Gasteiger partial charge in [0.2, 0.25) is 0 Å². The largest absolute Gasteiger partial charge is 0.379 e. The number of methoxy groups -OCH3 is 1. The van der Waals surface area contributed by atoms with Gasteiger partial charge in [-0.3, -0.25) is 0 Å². The van der Waals surface area contributed by atoms with Crippen LogP contribution >= 0.6 is 0 Å². The van der Waals surface area contributed by atoms with Crippen LogP contribution in [0, 0.1) is 5.92 Å². The Bertz CT molecular complexity index is 131. The van der Waals surface area contributed by atoms with Crippen molar-refractivity contribution in [1.29, 1.82) is 0 Å². The number of rotatable bonds is 1. The molecule has 0 spiro atoms. The van der Waals surface area contributed by atoms with Gasteiger partial charge in [-0.25, -0.2) is 0 Å². The maximum atomic E-state index is 5.43. The van der Waals surface area contributed by atoms with E-state index in [0.29, 0.717) is 12.5 Å². The van der Waals surface area contributed by atoms with Crippen LogP contribution in [-0.2, 0) is 14.2 Å². The van der Waals surface area contributed by atoms with Gasteiger partial charge < -0.3 is 14.2 Å². The van der Waals surface area contributed by atoms with Gasteiger partial charge in [0.05, 0.1) is 12.7 Å². The molecule has 0 aromatic rings. The lowest BCUT2D eigenvalue weighted by molar-refractivity contribution is -0.152. The van der Waals surface area contributed by atoms with E-state index in [1.54, 1.807) is 7.11 Å². The smallest absolute Gasteiger partial charge is 0.163 e. The molecule has 2 aliphatic heterocycles. The molecule has 3 heteroatoms. The Kier molecular flexibility index (Phi) is 2.11. The molecule has 2 heterocycles. The summed E-state index contributed by atoms with van der Waals surface area (Å²) in [6.45, 7) is 1.55. The number of ether oxygens (including phenoxy) is 3. The lowest BCUT2D eigenvalue weighted by Gasteiger charge is -2.26. The molecule has 2 saturated heterocycles. The van der Waals surface area contributed by atoms with E-state index in [0.717, 1.165) is 13.0 Å². The zero-order chi connectivity index (χ0) is 7.68. The Morgan fingerprint density at radius 3 is 3.09 bits per heavy atom. The Morgan fingerprint density at radius 2 is 2.27 bits per heavy atom. The normalized spacial score (nSPS) is 43.9. The minimum Gasteiger partial charge on any atom is -0.379 e. The second-order valence-electron chi connectivity index (χ2n) is 3.15. The summed E-state index contributed by atoms with van der Waals surface area (Å²) in [4.78, 5) is 0. The summed E-state index contributed by atoms with van der Waals surface area (Å²) in [5.41, 5.74) is 0. The molecule has 0 amide bonds. The fourth-order valence-electron chi connectivity index (χ4n) is 1.87. The zero-order valence-electron chi connectivity index (χ0n) is 6.79. The summed E-state index contributed by atoms with van der Waals surface area (Å²) in [7, 11) is 1.74. The highest BCUT2D eigenvalue weighted by Crippen LogP contribution is 2.31. The molecule has 0 bridgehead atoms. The van der Waals surface area contributed by atoms with Crippen molar-refractivity contribution in [2.45, 2.75) is 25.2 Å². The van der Waals surface area contributed by atoms with E-state index in [-0.39, 0.29) is 12.4 Å². The molecule has 3 nitrogen and oxygen atoms in total. The zero-order valence-corrected chi connectivity index (χ0v) is 6.79. The van der Waals surface area contributed by atoms with Crippen molar-refractivity contribution in [2.75, 3.05) is 20.3 Å². The first-order chi connectivity index (χ1) is 5.42. The summed E-state index contributed by atoms with van der Waals surface area (Å²) in [5.74, 6) is 0.480. The van der Waals surface area contributed by atoms with Crippen molar-refractivity contribution in [1.82, 2.24) is 0 Å². The predicted molar refractivity (Wildman–Crippen MR) is 39.2 cm³/mol. The minimum atomic E-state index is 0.0219. The second kappa shape index (κ2) is 3.09. The predicted octanol–water partition coefficient (Wildman–Crippen LogP) is 0.784. The van der Waals surface area contributed by atoms with Gasteiger partial charge in [0.15, 0.2) is 6.29 Å². The number of fused-ring (bicyclic) bond motifs is 1. The third kappa shape index (κ3) is 1.28. The fraction of sp³-hybridized carbons (Fsp3) is 1.00. The quantitative estimate of drug-likeness (QED) is 0.564. The van der Waals surface area contributed by atoms with E-state index >= 15 is 0 Å². The maximum Gasteiger partial charge on any atom is 0.163 e. The Morgan fingerprint density at radius 1 is 1.36 bits per heavy atom. The van der Waals surface area contributed by atoms with Crippen LogP contribution in [0.25, 0.3) is 0 Å². The van der Waals surface area contributed by atoms with Crippen molar-refractivity contribution >= 4 is 0 Å². The molecule has 0 aromatic heterocycles. The molecule has 0 aliphatic carbocycles. The average Bonchev–Trinajstić information content (AvgIpc) is 2.47. The molecular formula is C8H14O3. The van der Waals surface area contributed by atoms with Gasteiger partial charge in [0, 0.05) is 19.6 Å². The third-order valence-corrected chi connectivity index (χ3v) is 2.52. The van der Waals surface area contributed by atoms with E-state index < -0.39 is 0 Å². The molecule has 3 atom stereocenters. The van der Waals surface area contributed by atoms with Crippen LogP contribution in [0.1, 0.15) is 12.8 Å². The van der Waals surface area contributed by atoms with Crippen molar-refractivity contribution < 1.29 is 14.2 Å². The molecule has 0 radical (unpaired) electrons. The molecule has 11 heavy (non-hydrogen) atoms. The van der Waals surface area contributed by atoms with Gasteiger partial charge in [-0.15, -0.1) is 0 Å². The van der Waals surface area contributed by atoms with Gasteiger partial charge in [-0.05, 0) is 12.8 Å². The van der Waals surface area contributed by atoms with Gasteiger partial charge in [0.25, 0.3) is 0 Å². The summed E-state index contributed by atoms with van der Waals surface area (Å²) < 4.78 is 16.1. The lowest BCUT2D eigenvalue weighted by Crippen LogP contribution is -2.31. The SMILES string of the molecule is CO[C@H]1CO[C@H]2OCCC[C@H]21. The van der Waals surface area contributed by atoms with E-state index in [2.05, 4.69) is 0 Å². The van der Waals surface area contributed by atoms with Crippen LogP contribution in [-0.4, -0.2) is 32.7 Å². The highest BCUT2D eigenvalue weighted by molar-refractivity contribution is 4.81. The highest BCUT2D eigenvalue weighted by atomic mass is 16.7. The standard InChI is InChI=1S/C8H14O3/c1-9-7-5-11-8-6(7)3-2-4-10-8/h6-8H,2-5H2,1H3/t6-,7-,8+/m0/s1. The molecule has 0 aromatic carbocycles. The first kappa shape index (κ1) is 7.53. The molecule has 0 unspecified atom stereocenters. The van der Waals surface area contributed by atoms with Crippen LogP contribution in [0.15, 0.2) is 0 Å². The van der Waals surface area contributed by atoms with Crippen LogP contribution in [0.3, 0.4) is 0 Å². The molecule has 2 fully saturated rings. The Balaban J connectivity index is 1.98. The van der Waals surface area contributed by atoms with Crippen LogP contribution in [0.2, 0.25) is 0 Å². The van der Waals surface area contributed by atoms with Crippen molar-refractivity contribution in [3.63, 3.8) is 0 Å². The molecule has 2 rings (SSSR count). The van der Waals surface area contributed by atoms with Crippen molar-refractivity contribution in [3.05, 3.63) is 0 Å². The topological polar surface area (TPSA) is 27.7 Å². The summed E-state index contributed by atoms with van der Waals surface area (Å²) in [6.07, 6.45) is 2.61. The average molecular weight is 158 g/mol. The second-order valence-corrected chi connectivity index (χ2v) is 3.15.